The molecule has 1 atom stereocenters. The monoisotopic (exact) mass is 319 g/mol. The molecule has 0 saturated carbocycles. The van der Waals surface area contributed by atoms with Crippen LogP contribution in [0, 0.1) is 0 Å². The molecule has 122 valence electrons. The van der Waals surface area contributed by atoms with Crippen LogP contribution in [0.4, 0.5) is 4.79 Å². The molecule has 2 aromatic heterocycles. The van der Waals surface area contributed by atoms with Crippen LogP contribution in [0.3, 0.4) is 0 Å². The lowest BCUT2D eigenvalue weighted by atomic mass is 10.3. The number of nitrogens with zero attached hydrogens (tertiary/aromatic N) is 5. The average molecular weight is 319 g/mol. The van der Waals surface area contributed by atoms with Gasteiger partial charge in [-0.25, -0.2) is 19.7 Å². The van der Waals surface area contributed by atoms with Gasteiger partial charge in [-0.3, -0.25) is 4.79 Å². The van der Waals surface area contributed by atoms with E-state index in [1.165, 1.54) is 23.4 Å². The standard InChI is InChI=1S/C13H17N7O3/c1-7(2)23-13(22)19-8(3)12-17-6-18-20(12)10-4-9(11(14)21)15-5-16-10/h4-8H,1-3H3,(H2,14,21)(H,19,22). The van der Waals surface area contributed by atoms with Crippen LogP contribution in [0.1, 0.15) is 43.1 Å². The maximum absolute atomic E-state index is 11.7. The van der Waals surface area contributed by atoms with Gasteiger partial charge in [-0.15, -0.1) is 0 Å². The van der Waals surface area contributed by atoms with Crippen molar-refractivity contribution in [2.24, 2.45) is 5.73 Å². The summed E-state index contributed by atoms with van der Waals surface area (Å²) < 4.78 is 6.40. The molecule has 0 spiro atoms. The zero-order chi connectivity index (χ0) is 17.0. The number of hydrogen-bond acceptors (Lipinski definition) is 7. The Hall–Kier alpha value is -3.04. The number of primary amides is 1. The SMILES string of the molecule is CC(C)OC(=O)NC(C)c1ncnn1-c1cc(C(N)=O)ncn1. The average Bonchev–Trinajstić information content (AvgIpc) is 2.95. The Labute approximate surface area is 132 Å². The highest BCUT2D eigenvalue weighted by Gasteiger charge is 2.19. The van der Waals surface area contributed by atoms with Gasteiger partial charge in [0.05, 0.1) is 12.1 Å². The van der Waals surface area contributed by atoms with Gasteiger partial charge >= 0.3 is 6.09 Å². The van der Waals surface area contributed by atoms with Gasteiger partial charge in [-0.1, -0.05) is 0 Å². The molecule has 2 heterocycles. The normalized spacial score (nSPS) is 12.0. The van der Waals surface area contributed by atoms with Gasteiger partial charge in [0.25, 0.3) is 5.91 Å². The Balaban J connectivity index is 2.24. The highest BCUT2D eigenvalue weighted by atomic mass is 16.6. The minimum atomic E-state index is -0.679. The molecule has 2 aromatic rings. The minimum absolute atomic E-state index is 0.0521. The quantitative estimate of drug-likeness (QED) is 0.810. The molecule has 0 fully saturated rings. The predicted molar refractivity (Wildman–Crippen MR) is 78.6 cm³/mol. The maximum atomic E-state index is 11.7. The van der Waals surface area contributed by atoms with Gasteiger partial charge in [0.15, 0.2) is 11.6 Å². The van der Waals surface area contributed by atoms with E-state index in [1.54, 1.807) is 20.8 Å². The molecular formula is C13H17N7O3. The molecule has 3 N–H and O–H groups in total. The summed E-state index contributed by atoms with van der Waals surface area (Å²) in [5.74, 6) is 0.0500. The third-order valence-electron chi connectivity index (χ3n) is 2.76. The number of aromatic nitrogens is 5. The van der Waals surface area contributed by atoms with Crippen LogP contribution in [-0.4, -0.2) is 42.8 Å². The number of carbonyl (C=O) groups is 2. The van der Waals surface area contributed by atoms with E-state index in [0.717, 1.165) is 0 Å². The van der Waals surface area contributed by atoms with E-state index >= 15 is 0 Å². The molecule has 0 aliphatic heterocycles. The van der Waals surface area contributed by atoms with Crippen LogP contribution in [0.5, 0.6) is 0 Å². The van der Waals surface area contributed by atoms with Crippen LogP contribution >= 0.6 is 0 Å². The zero-order valence-electron chi connectivity index (χ0n) is 12.9. The minimum Gasteiger partial charge on any atom is -0.447 e. The Kier molecular flexibility index (Phi) is 4.84. The Morgan fingerprint density at radius 2 is 1.96 bits per heavy atom. The number of carbonyl (C=O) groups excluding carboxylic acids is 2. The van der Waals surface area contributed by atoms with Crippen molar-refractivity contribution in [3.63, 3.8) is 0 Å². The number of nitrogens with one attached hydrogen (secondary N) is 1. The van der Waals surface area contributed by atoms with E-state index in [-0.39, 0.29) is 11.8 Å². The lowest BCUT2D eigenvalue weighted by Crippen LogP contribution is -2.31. The Morgan fingerprint density at radius 1 is 1.22 bits per heavy atom. The molecule has 0 aliphatic carbocycles. The van der Waals surface area contributed by atoms with E-state index in [4.69, 9.17) is 10.5 Å². The summed E-state index contributed by atoms with van der Waals surface area (Å²) >= 11 is 0. The van der Waals surface area contributed by atoms with E-state index in [0.29, 0.717) is 11.6 Å². The third kappa shape index (κ3) is 3.99. The second-order valence-corrected chi connectivity index (χ2v) is 4.98. The fourth-order valence-corrected chi connectivity index (χ4v) is 1.81. The number of alkyl carbamates (subject to hydrolysis) is 1. The first-order chi connectivity index (χ1) is 10.9. The van der Waals surface area contributed by atoms with E-state index in [2.05, 4.69) is 25.4 Å². The second-order valence-electron chi connectivity index (χ2n) is 4.98. The third-order valence-corrected chi connectivity index (χ3v) is 2.76. The second kappa shape index (κ2) is 6.81. The summed E-state index contributed by atoms with van der Waals surface area (Å²) in [6.07, 6.45) is 1.71. The molecule has 0 bridgehead atoms. The predicted octanol–water partition coefficient (Wildman–Crippen LogP) is 0.352. The number of nitrogens with two attached hydrogens (primary N) is 1. The number of hydrogen-bond donors (Lipinski definition) is 2. The van der Waals surface area contributed by atoms with Crippen molar-refractivity contribution < 1.29 is 14.3 Å². The molecule has 0 radical (unpaired) electrons. The van der Waals surface area contributed by atoms with Gasteiger partial charge < -0.3 is 15.8 Å². The zero-order valence-corrected chi connectivity index (χ0v) is 12.9. The number of amides is 2. The maximum Gasteiger partial charge on any atom is 0.407 e. The first kappa shape index (κ1) is 16.3. The smallest absolute Gasteiger partial charge is 0.407 e. The van der Waals surface area contributed by atoms with Crippen LogP contribution in [0.15, 0.2) is 18.7 Å². The van der Waals surface area contributed by atoms with Gasteiger partial charge in [-0.05, 0) is 20.8 Å². The number of rotatable bonds is 5. The van der Waals surface area contributed by atoms with Crippen LogP contribution in [-0.2, 0) is 4.74 Å². The molecule has 0 aliphatic rings. The highest BCUT2D eigenvalue weighted by Crippen LogP contribution is 2.13. The van der Waals surface area contributed by atoms with Gasteiger partial charge in [0.2, 0.25) is 0 Å². The van der Waals surface area contributed by atoms with Crippen molar-refractivity contribution in [2.75, 3.05) is 0 Å². The van der Waals surface area contributed by atoms with Crippen molar-refractivity contribution in [2.45, 2.75) is 32.9 Å². The fraction of sp³-hybridized carbons (Fsp3) is 0.385. The molecule has 23 heavy (non-hydrogen) atoms. The summed E-state index contributed by atoms with van der Waals surface area (Å²) in [4.78, 5) is 34.8. The molecule has 0 saturated heterocycles. The molecule has 0 aromatic carbocycles. The summed E-state index contributed by atoms with van der Waals surface area (Å²) in [6, 6.07) is 0.899. The molecule has 10 nitrogen and oxygen atoms in total. The number of ether oxygens (including phenoxy) is 1. The van der Waals surface area contributed by atoms with Crippen LogP contribution < -0.4 is 11.1 Å². The fourth-order valence-electron chi connectivity index (χ4n) is 1.81. The van der Waals surface area contributed by atoms with Gasteiger partial charge in [-0.2, -0.15) is 9.78 Å². The molecule has 10 heteroatoms. The lowest BCUT2D eigenvalue weighted by molar-refractivity contribution is 0.0994. The van der Waals surface area contributed by atoms with Crippen LogP contribution in [0.2, 0.25) is 0 Å². The largest absolute Gasteiger partial charge is 0.447 e. The molecule has 2 amide bonds. The Morgan fingerprint density at radius 3 is 2.61 bits per heavy atom. The van der Waals surface area contributed by atoms with Crippen LogP contribution in [0.25, 0.3) is 5.82 Å². The molecule has 2 rings (SSSR count). The summed E-state index contributed by atoms with van der Waals surface area (Å²) in [5.41, 5.74) is 5.25. The van der Waals surface area contributed by atoms with Crippen molar-refractivity contribution >= 4 is 12.0 Å². The summed E-state index contributed by atoms with van der Waals surface area (Å²) in [7, 11) is 0. The first-order valence-electron chi connectivity index (χ1n) is 6.87. The molecule has 1 unspecified atom stereocenters. The highest BCUT2D eigenvalue weighted by molar-refractivity contribution is 5.90. The first-order valence-corrected chi connectivity index (χ1v) is 6.87. The van der Waals surface area contributed by atoms with Crippen molar-refractivity contribution in [1.82, 2.24) is 30.0 Å². The summed E-state index contributed by atoms with van der Waals surface area (Å²) in [5, 5.41) is 6.69. The van der Waals surface area contributed by atoms with Crippen molar-refractivity contribution in [1.29, 1.82) is 0 Å². The summed E-state index contributed by atoms with van der Waals surface area (Å²) in [6.45, 7) is 5.22. The van der Waals surface area contributed by atoms with Crippen molar-refractivity contribution in [3.8, 4) is 5.82 Å². The van der Waals surface area contributed by atoms with E-state index < -0.39 is 18.0 Å². The van der Waals surface area contributed by atoms with Crippen molar-refractivity contribution in [3.05, 3.63) is 30.2 Å². The molecular weight excluding hydrogens is 302 g/mol. The topological polar surface area (TPSA) is 138 Å². The Bertz CT molecular complexity index is 713. The van der Waals surface area contributed by atoms with E-state index in [1.807, 2.05) is 0 Å². The van der Waals surface area contributed by atoms with Gasteiger partial charge in [0, 0.05) is 6.07 Å². The lowest BCUT2D eigenvalue weighted by Gasteiger charge is -2.15. The van der Waals surface area contributed by atoms with E-state index in [9.17, 15) is 9.59 Å². The van der Waals surface area contributed by atoms with Gasteiger partial charge in [0.1, 0.15) is 18.3 Å².